The van der Waals surface area contributed by atoms with Gasteiger partial charge in [-0.2, -0.15) is 0 Å². The van der Waals surface area contributed by atoms with Crippen LogP contribution < -0.4 is 10.1 Å². The SMILES string of the molecule is CCN(CC(=O)O)C(=O)Nc1cccc(OC(F)(F)F)c1. The average Bonchev–Trinajstić information content (AvgIpc) is 2.33. The van der Waals surface area contributed by atoms with Gasteiger partial charge in [0.25, 0.3) is 0 Å². The van der Waals surface area contributed by atoms with Crippen LogP contribution in [0.2, 0.25) is 0 Å². The number of carbonyl (C=O) groups is 2. The Balaban J connectivity index is 2.76. The van der Waals surface area contributed by atoms with Gasteiger partial charge < -0.3 is 20.1 Å². The number of nitrogens with zero attached hydrogens (tertiary/aromatic N) is 1. The van der Waals surface area contributed by atoms with Gasteiger partial charge >= 0.3 is 18.4 Å². The topological polar surface area (TPSA) is 78.9 Å². The summed E-state index contributed by atoms with van der Waals surface area (Å²) >= 11 is 0. The summed E-state index contributed by atoms with van der Waals surface area (Å²) in [4.78, 5) is 23.3. The number of halogens is 3. The molecule has 0 aromatic heterocycles. The lowest BCUT2D eigenvalue weighted by Gasteiger charge is -2.19. The van der Waals surface area contributed by atoms with Crippen LogP contribution in [0.15, 0.2) is 24.3 Å². The first-order valence-corrected chi connectivity index (χ1v) is 5.85. The van der Waals surface area contributed by atoms with Gasteiger partial charge in [-0.25, -0.2) is 4.79 Å². The molecule has 0 heterocycles. The van der Waals surface area contributed by atoms with Crippen molar-refractivity contribution in [3.8, 4) is 5.75 Å². The second kappa shape index (κ2) is 6.82. The number of carboxylic acid groups (broad SMARTS) is 1. The normalized spacial score (nSPS) is 10.9. The number of urea groups is 1. The minimum Gasteiger partial charge on any atom is -0.480 e. The Hall–Kier alpha value is -2.45. The highest BCUT2D eigenvalue weighted by molar-refractivity contribution is 5.91. The van der Waals surface area contributed by atoms with Crippen molar-refractivity contribution in [1.29, 1.82) is 0 Å². The molecule has 1 aromatic carbocycles. The largest absolute Gasteiger partial charge is 0.573 e. The van der Waals surface area contributed by atoms with Crippen molar-refractivity contribution in [1.82, 2.24) is 4.90 Å². The standard InChI is InChI=1S/C12H13F3N2O4/c1-2-17(7-10(18)19)11(20)16-8-4-3-5-9(6-8)21-12(13,14)15/h3-6H,2,7H2,1H3,(H,16,20)(H,18,19). The molecule has 116 valence electrons. The van der Waals surface area contributed by atoms with Crippen molar-refractivity contribution in [2.45, 2.75) is 13.3 Å². The van der Waals surface area contributed by atoms with Gasteiger partial charge in [-0.05, 0) is 19.1 Å². The van der Waals surface area contributed by atoms with E-state index in [9.17, 15) is 22.8 Å². The number of hydrogen-bond acceptors (Lipinski definition) is 3. The molecule has 0 saturated heterocycles. The van der Waals surface area contributed by atoms with Gasteiger partial charge in [0.15, 0.2) is 0 Å². The van der Waals surface area contributed by atoms with Crippen molar-refractivity contribution >= 4 is 17.7 Å². The van der Waals surface area contributed by atoms with E-state index >= 15 is 0 Å². The van der Waals surface area contributed by atoms with Gasteiger partial charge in [-0.15, -0.1) is 13.2 Å². The molecule has 1 rings (SSSR count). The Bertz CT molecular complexity index is 519. The maximum atomic E-state index is 12.1. The smallest absolute Gasteiger partial charge is 0.480 e. The van der Waals surface area contributed by atoms with Gasteiger partial charge in [-0.3, -0.25) is 4.79 Å². The molecule has 9 heteroatoms. The highest BCUT2D eigenvalue weighted by Gasteiger charge is 2.31. The fraction of sp³-hybridized carbons (Fsp3) is 0.333. The lowest BCUT2D eigenvalue weighted by Crippen LogP contribution is -2.38. The molecule has 1 aromatic rings. The van der Waals surface area contributed by atoms with Crippen molar-refractivity contribution < 1.29 is 32.6 Å². The molecule has 2 amide bonds. The molecule has 0 unspecified atom stereocenters. The lowest BCUT2D eigenvalue weighted by molar-refractivity contribution is -0.274. The van der Waals surface area contributed by atoms with Gasteiger partial charge in [0.2, 0.25) is 0 Å². The van der Waals surface area contributed by atoms with E-state index in [-0.39, 0.29) is 12.2 Å². The van der Waals surface area contributed by atoms with Crippen LogP contribution in [0.3, 0.4) is 0 Å². The molecular weight excluding hydrogens is 293 g/mol. The van der Waals surface area contributed by atoms with Crippen LogP contribution >= 0.6 is 0 Å². The van der Waals surface area contributed by atoms with E-state index < -0.39 is 30.7 Å². The predicted molar refractivity (Wildman–Crippen MR) is 67.0 cm³/mol. The summed E-state index contributed by atoms with van der Waals surface area (Å²) in [5.41, 5.74) is 0.0607. The third kappa shape index (κ3) is 6.02. The van der Waals surface area contributed by atoms with E-state index in [4.69, 9.17) is 5.11 Å². The van der Waals surface area contributed by atoms with Gasteiger partial charge in [0.05, 0.1) is 0 Å². The molecule has 0 atom stereocenters. The fourth-order valence-electron chi connectivity index (χ4n) is 1.46. The molecule has 0 aliphatic rings. The minimum absolute atomic E-state index is 0.0607. The molecule has 0 radical (unpaired) electrons. The number of benzene rings is 1. The van der Waals surface area contributed by atoms with Crippen LogP contribution in [0, 0.1) is 0 Å². The molecule has 21 heavy (non-hydrogen) atoms. The summed E-state index contributed by atoms with van der Waals surface area (Å²) in [5, 5.41) is 10.9. The first-order chi connectivity index (χ1) is 9.71. The summed E-state index contributed by atoms with van der Waals surface area (Å²) in [5.74, 6) is -1.68. The van der Waals surface area contributed by atoms with E-state index in [2.05, 4.69) is 10.1 Å². The van der Waals surface area contributed by atoms with Crippen molar-refractivity contribution in [2.24, 2.45) is 0 Å². The Labute approximate surface area is 118 Å². The zero-order valence-electron chi connectivity index (χ0n) is 11.0. The van der Waals surface area contributed by atoms with E-state index in [1.165, 1.54) is 12.1 Å². The molecule has 2 N–H and O–H groups in total. The summed E-state index contributed by atoms with van der Waals surface area (Å²) in [6.45, 7) is 1.20. The number of likely N-dealkylation sites (N-methyl/N-ethyl adjacent to an activating group) is 1. The molecular formula is C12H13F3N2O4. The summed E-state index contributed by atoms with van der Waals surface area (Å²) < 4.78 is 40.0. The van der Waals surface area contributed by atoms with Crippen LogP contribution in [-0.4, -0.2) is 41.5 Å². The monoisotopic (exact) mass is 306 g/mol. The first-order valence-electron chi connectivity index (χ1n) is 5.85. The molecule has 0 fully saturated rings. The maximum absolute atomic E-state index is 12.1. The molecule has 0 bridgehead atoms. The molecule has 0 aliphatic carbocycles. The number of aliphatic carboxylic acids is 1. The van der Waals surface area contributed by atoms with E-state index in [0.717, 1.165) is 17.0 Å². The Morgan fingerprint density at radius 1 is 1.38 bits per heavy atom. The van der Waals surface area contributed by atoms with E-state index in [1.807, 2.05) is 0 Å². The fourth-order valence-corrected chi connectivity index (χ4v) is 1.46. The second-order valence-electron chi connectivity index (χ2n) is 3.91. The average molecular weight is 306 g/mol. The number of anilines is 1. The number of nitrogens with one attached hydrogen (secondary N) is 1. The lowest BCUT2D eigenvalue weighted by atomic mass is 10.3. The quantitative estimate of drug-likeness (QED) is 0.876. The zero-order chi connectivity index (χ0) is 16.0. The Kier molecular flexibility index (Phi) is 5.39. The number of alkyl halides is 3. The number of carboxylic acids is 1. The van der Waals surface area contributed by atoms with Crippen LogP contribution in [0.25, 0.3) is 0 Å². The van der Waals surface area contributed by atoms with Crippen LogP contribution in [0.1, 0.15) is 6.92 Å². The summed E-state index contributed by atoms with van der Waals surface area (Å²) in [6.07, 6.45) is -4.83. The van der Waals surface area contributed by atoms with Gasteiger partial charge in [0, 0.05) is 18.3 Å². The Morgan fingerprint density at radius 2 is 2.05 bits per heavy atom. The number of ether oxygens (including phenoxy) is 1. The summed E-state index contributed by atoms with van der Waals surface area (Å²) in [7, 11) is 0. The highest BCUT2D eigenvalue weighted by atomic mass is 19.4. The number of rotatable bonds is 5. The maximum Gasteiger partial charge on any atom is 0.573 e. The van der Waals surface area contributed by atoms with Crippen LogP contribution in [-0.2, 0) is 4.79 Å². The van der Waals surface area contributed by atoms with E-state index in [0.29, 0.717) is 0 Å². The van der Waals surface area contributed by atoms with E-state index in [1.54, 1.807) is 6.92 Å². The third-order valence-corrected chi connectivity index (χ3v) is 2.31. The number of carbonyl (C=O) groups excluding carboxylic acids is 1. The van der Waals surface area contributed by atoms with Crippen molar-refractivity contribution in [2.75, 3.05) is 18.4 Å². The number of amides is 2. The summed E-state index contributed by atoms with van der Waals surface area (Å²) in [6, 6.07) is 3.96. The molecule has 0 spiro atoms. The first kappa shape index (κ1) is 16.6. The van der Waals surface area contributed by atoms with Crippen LogP contribution in [0.4, 0.5) is 23.7 Å². The number of hydrogen-bond donors (Lipinski definition) is 2. The van der Waals surface area contributed by atoms with Crippen molar-refractivity contribution in [3.63, 3.8) is 0 Å². The van der Waals surface area contributed by atoms with Crippen molar-refractivity contribution in [3.05, 3.63) is 24.3 Å². The highest BCUT2D eigenvalue weighted by Crippen LogP contribution is 2.25. The zero-order valence-corrected chi connectivity index (χ0v) is 11.0. The minimum atomic E-state index is -4.83. The van der Waals surface area contributed by atoms with Gasteiger partial charge in [0.1, 0.15) is 12.3 Å². The third-order valence-electron chi connectivity index (χ3n) is 2.31. The molecule has 0 aliphatic heterocycles. The van der Waals surface area contributed by atoms with Crippen LogP contribution in [0.5, 0.6) is 5.75 Å². The molecule has 6 nitrogen and oxygen atoms in total. The van der Waals surface area contributed by atoms with Gasteiger partial charge in [-0.1, -0.05) is 6.07 Å². The molecule has 0 saturated carbocycles. The Morgan fingerprint density at radius 3 is 2.57 bits per heavy atom. The predicted octanol–water partition coefficient (Wildman–Crippen LogP) is 2.52. The second-order valence-corrected chi connectivity index (χ2v) is 3.91.